The van der Waals surface area contributed by atoms with E-state index in [2.05, 4.69) is 11.3 Å². The fourth-order valence-electron chi connectivity index (χ4n) is 1.50. The van der Waals surface area contributed by atoms with Crippen LogP contribution in [-0.2, 0) is 10.0 Å². The van der Waals surface area contributed by atoms with Crippen LogP contribution in [0.4, 0.5) is 0 Å². The van der Waals surface area contributed by atoms with Gasteiger partial charge >= 0.3 is 0 Å². The molecule has 0 unspecified atom stereocenters. The molecule has 1 rings (SSSR count). The first-order valence-corrected chi connectivity index (χ1v) is 6.35. The zero-order valence-corrected chi connectivity index (χ0v) is 9.95. The summed E-state index contributed by atoms with van der Waals surface area (Å²) in [5, 5.41) is 0. The highest BCUT2D eigenvalue weighted by Gasteiger charge is 2.54. The highest BCUT2D eigenvalue weighted by molar-refractivity contribution is 7.91. The quantitative estimate of drug-likeness (QED) is 0.730. The summed E-state index contributed by atoms with van der Waals surface area (Å²) in [6.45, 7) is 9.17. The van der Waals surface area contributed by atoms with Crippen molar-refractivity contribution < 1.29 is 8.42 Å². The van der Waals surface area contributed by atoms with Crippen LogP contribution < -0.4 is 4.72 Å². The van der Waals surface area contributed by atoms with Gasteiger partial charge in [0.2, 0.25) is 10.0 Å². The van der Waals surface area contributed by atoms with Gasteiger partial charge in [-0.1, -0.05) is 6.08 Å². The lowest BCUT2D eigenvalue weighted by Gasteiger charge is -2.24. The van der Waals surface area contributed by atoms with E-state index in [4.69, 9.17) is 0 Å². The van der Waals surface area contributed by atoms with Crippen LogP contribution in [0.5, 0.6) is 0 Å². The summed E-state index contributed by atoms with van der Waals surface area (Å²) in [7, 11) is -3.19. The average Bonchev–Trinajstić information content (AvgIpc) is 2.63. The van der Waals surface area contributed by atoms with Crippen LogP contribution in [0.15, 0.2) is 12.7 Å². The van der Waals surface area contributed by atoms with Gasteiger partial charge in [-0.25, -0.2) is 13.1 Å². The maximum absolute atomic E-state index is 12.0. The molecule has 1 fully saturated rings. The second-order valence-corrected chi connectivity index (χ2v) is 7.11. The van der Waals surface area contributed by atoms with E-state index >= 15 is 0 Å². The van der Waals surface area contributed by atoms with Crippen molar-refractivity contribution in [3.63, 3.8) is 0 Å². The highest BCUT2D eigenvalue weighted by atomic mass is 32.2. The molecule has 1 aliphatic rings. The first kappa shape index (κ1) is 11.7. The molecule has 0 aromatic heterocycles. The number of allylic oxidation sites excluding steroid dienone is 1. The van der Waals surface area contributed by atoms with E-state index in [1.165, 1.54) is 0 Å². The van der Waals surface area contributed by atoms with E-state index in [1.54, 1.807) is 6.08 Å². The Morgan fingerprint density at radius 1 is 1.43 bits per heavy atom. The second-order valence-electron chi connectivity index (χ2n) is 5.03. The Kier molecular flexibility index (Phi) is 2.80. The highest BCUT2D eigenvalue weighted by Crippen LogP contribution is 2.46. The van der Waals surface area contributed by atoms with E-state index in [9.17, 15) is 8.42 Å². The lowest BCUT2D eigenvalue weighted by molar-refractivity contribution is 0.481. The van der Waals surface area contributed by atoms with Crippen molar-refractivity contribution >= 4 is 10.0 Å². The maximum atomic E-state index is 12.0. The molecular weight excluding hydrogens is 198 g/mol. The molecule has 0 saturated heterocycles. The number of nitrogens with one attached hydrogen (secondary N) is 1. The van der Waals surface area contributed by atoms with Crippen LogP contribution in [0, 0.1) is 0 Å². The molecule has 14 heavy (non-hydrogen) atoms. The summed E-state index contributed by atoms with van der Waals surface area (Å²) >= 11 is 0. The molecule has 0 aromatic rings. The summed E-state index contributed by atoms with van der Waals surface area (Å²) in [4.78, 5) is 0. The minimum Gasteiger partial charge on any atom is -0.212 e. The van der Waals surface area contributed by atoms with Crippen molar-refractivity contribution in [1.82, 2.24) is 4.72 Å². The van der Waals surface area contributed by atoms with Crippen molar-refractivity contribution in [3.05, 3.63) is 12.7 Å². The normalized spacial score (nSPS) is 20.5. The number of sulfonamides is 1. The predicted octanol–water partition coefficient (Wildman–Crippen LogP) is 1.81. The molecule has 0 spiro atoms. The van der Waals surface area contributed by atoms with Gasteiger partial charge in [-0.15, -0.1) is 6.58 Å². The van der Waals surface area contributed by atoms with Gasteiger partial charge in [0, 0.05) is 5.54 Å². The fraction of sp³-hybridized carbons (Fsp3) is 0.800. The van der Waals surface area contributed by atoms with Gasteiger partial charge in [-0.05, 0) is 40.0 Å². The van der Waals surface area contributed by atoms with E-state index in [-0.39, 0.29) is 0 Å². The van der Waals surface area contributed by atoms with E-state index in [0.717, 1.165) is 12.8 Å². The van der Waals surface area contributed by atoms with Gasteiger partial charge in [-0.2, -0.15) is 0 Å². The average molecular weight is 217 g/mol. The summed E-state index contributed by atoms with van der Waals surface area (Å²) < 4.78 is 26.1. The Morgan fingerprint density at radius 3 is 2.21 bits per heavy atom. The first-order valence-electron chi connectivity index (χ1n) is 4.87. The van der Waals surface area contributed by atoms with E-state index < -0.39 is 20.3 Å². The molecule has 0 aliphatic heterocycles. The van der Waals surface area contributed by atoms with Crippen LogP contribution >= 0.6 is 0 Å². The molecule has 1 N–H and O–H groups in total. The molecule has 3 nitrogen and oxygen atoms in total. The summed E-state index contributed by atoms with van der Waals surface area (Å²) in [5.41, 5.74) is -0.393. The zero-order chi connectivity index (χ0) is 11.0. The van der Waals surface area contributed by atoms with Crippen LogP contribution in [0.2, 0.25) is 0 Å². The third-order valence-corrected chi connectivity index (χ3v) is 4.93. The van der Waals surface area contributed by atoms with Crippen LogP contribution in [0.25, 0.3) is 0 Å². The molecule has 0 heterocycles. The minimum atomic E-state index is -3.19. The molecule has 0 bridgehead atoms. The summed E-state index contributed by atoms with van der Waals surface area (Å²) in [6, 6.07) is 0. The van der Waals surface area contributed by atoms with Gasteiger partial charge in [0.15, 0.2) is 0 Å². The Morgan fingerprint density at radius 2 is 1.93 bits per heavy atom. The fourth-order valence-corrected chi connectivity index (χ4v) is 3.50. The van der Waals surface area contributed by atoms with Crippen molar-refractivity contribution in [3.8, 4) is 0 Å². The topological polar surface area (TPSA) is 46.2 Å². The van der Waals surface area contributed by atoms with Crippen LogP contribution in [0.1, 0.15) is 40.0 Å². The Hall–Kier alpha value is -0.350. The number of hydrogen-bond acceptors (Lipinski definition) is 2. The molecule has 4 heteroatoms. The largest absolute Gasteiger partial charge is 0.218 e. The van der Waals surface area contributed by atoms with Crippen LogP contribution in [0.3, 0.4) is 0 Å². The summed E-state index contributed by atoms with van der Waals surface area (Å²) in [5.74, 6) is 0. The van der Waals surface area contributed by atoms with Gasteiger partial charge in [0.25, 0.3) is 0 Å². The predicted molar refractivity (Wildman–Crippen MR) is 58.6 cm³/mol. The standard InChI is InChI=1S/C10H19NO2S/c1-5-6-10(7-8-10)14(12,13)11-9(2,3)4/h5,11H,1,6-8H2,2-4H3. The third-order valence-electron chi connectivity index (χ3n) is 2.33. The van der Waals surface area contributed by atoms with Crippen molar-refractivity contribution in [1.29, 1.82) is 0 Å². The monoisotopic (exact) mass is 217 g/mol. The maximum Gasteiger partial charge on any atom is 0.218 e. The van der Waals surface area contributed by atoms with Gasteiger partial charge in [-0.3, -0.25) is 0 Å². The second kappa shape index (κ2) is 3.35. The molecule has 0 amide bonds. The van der Waals surface area contributed by atoms with Crippen LogP contribution in [-0.4, -0.2) is 18.7 Å². The Labute approximate surface area is 86.6 Å². The van der Waals surface area contributed by atoms with E-state index in [0.29, 0.717) is 6.42 Å². The summed E-state index contributed by atoms with van der Waals surface area (Å²) in [6.07, 6.45) is 3.75. The van der Waals surface area contributed by atoms with Gasteiger partial charge < -0.3 is 0 Å². The number of hydrogen-bond donors (Lipinski definition) is 1. The molecule has 1 aliphatic carbocycles. The van der Waals surface area contributed by atoms with Crippen molar-refractivity contribution in [2.24, 2.45) is 0 Å². The molecule has 0 aromatic carbocycles. The lowest BCUT2D eigenvalue weighted by atomic mass is 10.1. The molecule has 0 atom stereocenters. The minimum absolute atomic E-state index is 0.393. The SMILES string of the molecule is C=CCC1(S(=O)(=O)NC(C)(C)C)CC1. The van der Waals surface area contributed by atoms with Gasteiger partial charge in [0.05, 0.1) is 4.75 Å². The number of rotatable bonds is 4. The van der Waals surface area contributed by atoms with E-state index in [1.807, 2.05) is 20.8 Å². The molecule has 0 radical (unpaired) electrons. The molecule has 82 valence electrons. The molecular formula is C10H19NO2S. The zero-order valence-electron chi connectivity index (χ0n) is 9.13. The van der Waals surface area contributed by atoms with Crippen molar-refractivity contribution in [2.45, 2.75) is 50.3 Å². The third kappa shape index (κ3) is 2.36. The smallest absolute Gasteiger partial charge is 0.212 e. The Bertz CT molecular complexity index is 321. The Balaban J connectivity index is 2.81. The van der Waals surface area contributed by atoms with Gasteiger partial charge in [0.1, 0.15) is 0 Å². The molecule has 1 saturated carbocycles. The van der Waals surface area contributed by atoms with Crippen molar-refractivity contribution in [2.75, 3.05) is 0 Å². The lowest BCUT2D eigenvalue weighted by Crippen LogP contribution is -2.46. The first-order chi connectivity index (χ1) is 6.22.